The summed E-state index contributed by atoms with van der Waals surface area (Å²) in [6.07, 6.45) is -0.0316. The van der Waals surface area contributed by atoms with Crippen molar-refractivity contribution in [2.75, 3.05) is 25.2 Å². The number of carbonyl (C=O) groups is 2. The number of aromatic amines is 1. The van der Waals surface area contributed by atoms with Crippen molar-refractivity contribution in [3.63, 3.8) is 0 Å². The predicted octanol–water partition coefficient (Wildman–Crippen LogP) is 5.55. The highest BCUT2D eigenvalue weighted by molar-refractivity contribution is 6.31. The van der Waals surface area contributed by atoms with Crippen LogP contribution in [0.15, 0.2) is 78.9 Å². The first-order valence-electron chi connectivity index (χ1n) is 11.2. The average molecular weight is 504 g/mol. The third-order valence-electron chi connectivity index (χ3n) is 5.78. The van der Waals surface area contributed by atoms with Gasteiger partial charge in [-0.15, -0.1) is 0 Å². The number of halogens is 1. The minimum absolute atomic E-state index is 0.185. The molecule has 0 aliphatic heterocycles. The van der Waals surface area contributed by atoms with Crippen LogP contribution >= 0.6 is 11.6 Å². The van der Waals surface area contributed by atoms with Crippen molar-refractivity contribution in [2.24, 2.45) is 0 Å². The van der Waals surface area contributed by atoms with Crippen LogP contribution in [0.3, 0.4) is 0 Å². The van der Waals surface area contributed by atoms with Gasteiger partial charge in [0.2, 0.25) is 0 Å². The number of likely N-dealkylation sites (N-methyl/N-ethyl adjacent to an activating group) is 1. The van der Waals surface area contributed by atoms with E-state index in [1.54, 1.807) is 60.5 Å². The lowest BCUT2D eigenvalue weighted by Gasteiger charge is -2.27. The summed E-state index contributed by atoms with van der Waals surface area (Å²) in [4.78, 5) is 34.4. The summed E-state index contributed by atoms with van der Waals surface area (Å²) < 4.78 is 4.62. The van der Waals surface area contributed by atoms with Gasteiger partial charge >= 0.3 is 6.09 Å². The zero-order valence-electron chi connectivity index (χ0n) is 19.9. The summed E-state index contributed by atoms with van der Waals surface area (Å²) in [6, 6.07) is 23.4. The monoisotopic (exact) mass is 503 g/mol. The molecule has 0 bridgehead atoms. The van der Waals surface area contributed by atoms with Gasteiger partial charge in [0.05, 0.1) is 13.2 Å². The van der Waals surface area contributed by atoms with Gasteiger partial charge in [-0.25, -0.2) is 9.78 Å². The maximum Gasteiger partial charge on any atom is 0.411 e. The molecule has 0 saturated heterocycles. The second kappa shape index (κ2) is 11.0. The first-order chi connectivity index (χ1) is 17.4. The van der Waals surface area contributed by atoms with Crippen LogP contribution in [0.4, 0.5) is 16.2 Å². The SMILES string of the molecule is COC(=O)Nc1ccc(-c2nc([C@H](Cc3ccccc3)N(C)C(=O)c3cccc(N)c3)[nH]c2Cl)cc1. The highest BCUT2D eigenvalue weighted by Gasteiger charge is 2.27. The van der Waals surface area contributed by atoms with E-state index in [1.807, 2.05) is 30.3 Å². The van der Waals surface area contributed by atoms with Crippen molar-refractivity contribution >= 4 is 35.0 Å². The fourth-order valence-electron chi connectivity index (χ4n) is 3.87. The van der Waals surface area contributed by atoms with Gasteiger partial charge in [-0.05, 0) is 35.9 Å². The van der Waals surface area contributed by atoms with Crippen molar-refractivity contribution in [1.82, 2.24) is 14.9 Å². The van der Waals surface area contributed by atoms with E-state index in [0.717, 1.165) is 11.1 Å². The number of nitrogens with zero attached hydrogens (tertiary/aromatic N) is 2. The largest absolute Gasteiger partial charge is 0.453 e. The minimum atomic E-state index is -0.556. The van der Waals surface area contributed by atoms with E-state index in [1.165, 1.54) is 7.11 Å². The lowest BCUT2D eigenvalue weighted by atomic mass is 10.0. The molecule has 1 aromatic heterocycles. The Hall–Kier alpha value is -4.30. The Kier molecular flexibility index (Phi) is 7.56. The Labute approximate surface area is 214 Å². The van der Waals surface area contributed by atoms with Gasteiger partial charge in [0.15, 0.2) is 0 Å². The molecule has 4 N–H and O–H groups in total. The maximum atomic E-state index is 13.4. The van der Waals surface area contributed by atoms with Crippen molar-refractivity contribution in [1.29, 1.82) is 0 Å². The summed E-state index contributed by atoms with van der Waals surface area (Å²) in [6.45, 7) is 0. The number of nitrogens with one attached hydrogen (secondary N) is 2. The molecule has 1 atom stereocenters. The third kappa shape index (κ3) is 5.67. The lowest BCUT2D eigenvalue weighted by Crippen LogP contribution is -2.33. The maximum absolute atomic E-state index is 13.4. The summed E-state index contributed by atoms with van der Waals surface area (Å²) in [5.74, 6) is 0.367. The molecule has 2 amide bonds. The van der Waals surface area contributed by atoms with Crippen LogP contribution in [0.1, 0.15) is 27.8 Å². The van der Waals surface area contributed by atoms with E-state index < -0.39 is 12.1 Å². The van der Waals surface area contributed by atoms with Crippen molar-refractivity contribution in [3.8, 4) is 11.3 Å². The molecule has 9 heteroatoms. The molecular formula is C27H26ClN5O3. The Bertz CT molecular complexity index is 1360. The Morgan fingerprint density at radius 2 is 1.81 bits per heavy atom. The normalized spacial score (nSPS) is 11.5. The zero-order valence-corrected chi connectivity index (χ0v) is 20.6. The van der Waals surface area contributed by atoms with E-state index in [2.05, 4.69) is 15.0 Å². The number of hydrogen-bond acceptors (Lipinski definition) is 5. The molecule has 36 heavy (non-hydrogen) atoms. The van der Waals surface area contributed by atoms with Crippen LogP contribution in [0.25, 0.3) is 11.3 Å². The molecule has 1 heterocycles. The molecular weight excluding hydrogens is 478 g/mol. The van der Waals surface area contributed by atoms with Gasteiger partial charge in [-0.3, -0.25) is 10.1 Å². The van der Waals surface area contributed by atoms with Crippen LogP contribution in [-0.4, -0.2) is 41.0 Å². The lowest BCUT2D eigenvalue weighted by molar-refractivity contribution is 0.0723. The van der Waals surface area contributed by atoms with Crippen LogP contribution in [0, 0.1) is 0 Å². The average Bonchev–Trinajstić information content (AvgIpc) is 3.28. The summed E-state index contributed by atoms with van der Waals surface area (Å²) in [5.41, 5.74) is 9.82. The van der Waals surface area contributed by atoms with Crippen LogP contribution in [0.5, 0.6) is 0 Å². The topological polar surface area (TPSA) is 113 Å². The number of nitrogens with two attached hydrogens (primary N) is 1. The first-order valence-corrected chi connectivity index (χ1v) is 11.6. The molecule has 0 radical (unpaired) electrons. The number of amides is 2. The van der Waals surface area contributed by atoms with E-state index in [9.17, 15) is 9.59 Å². The number of benzene rings is 3. The number of ether oxygens (including phenoxy) is 1. The molecule has 0 fully saturated rings. The predicted molar refractivity (Wildman–Crippen MR) is 141 cm³/mol. The number of aromatic nitrogens is 2. The molecule has 0 aliphatic rings. The summed E-state index contributed by atoms with van der Waals surface area (Å²) in [7, 11) is 3.04. The van der Waals surface area contributed by atoms with Crippen LogP contribution < -0.4 is 11.1 Å². The molecule has 3 aromatic carbocycles. The second-order valence-electron chi connectivity index (χ2n) is 8.23. The summed E-state index contributed by atoms with van der Waals surface area (Å²) >= 11 is 6.57. The molecule has 184 valence electrons. The number of anilines is 2. The second-order valence-corrected chi connectivity index (χ2v) is 8.60. The zero-order chi connectivity index (χ0) is 25.7. The van der Waals surface area contributed by atoms with E-state index in [4.69, 9.17) is 22.3 Å². The van der Waals surface area contributed by atoms with Gasteiger partial charge in [0.25, 0.3) is 5.91 Å². The van der Waals surface area contributed by atoms with E-state index >= 15 is 0 Å². The molecule has 4 aromatic rings. The fourth-order valence-corrected chi connectivity index (χ4v) is 4.12. The number of rotatable bonds is 7. The minimum Gasteiger partial charge on any atom is -0.453 e. The van der Waals surface area contributed by atoms with Gasteiger partial charge < -0.3 is 20.4 Å². The Morgan fingerprint density at radius 3 is 2.47 bits per heavy atom. The highest BCUT2D eigenvalue weighted by atomic mass is 35.5. The highest BCUT2D eigenvalue weighted by Crippen LogP contribution is 2.32. The van der Waals surface area contributed by atoms with Crippen LogP contribution in [0.2, 0.25) is 5.15 Å². The van der Waals surface area contributed by atoms with Crippen LogP contribution in [-0.2, 0) is 11.2 Å². The number of carbonyl (C=O) groups excluding carboxylic acids is 2. The standard InChI is InChI=1S/C27H26ClN5O3/c1-33(26(34)19-9-6-10-20(29)16-19)22(15-17-7-4-3-5-8-17)25-31-23(24(28)32-25)18-11-13-21(14-12-18)30-27(35)36-2/h3-14,16,22H,15,29H2,1-2H3,(H,30,35)(H,31,32)/t22-/m0/s1. The molecule has 4 rings (SSSR count). The number of nitrogen functional groups attached to an aromatic ring is 1. The van der Waals surface area contributed by atoms with Crippen molar-refractivity contribution in [2.45, 2.75) is 12.5 Å². The smallest absolute Gasteiger partial charge is 0.411 e. The number of imidazole rings is 1. The molecule has 8 nitrogen and oxygen atoms in total. The van der Waals surface area contributed by atoms with Gasteiger partial charge in [0.1, 0.15) is 16.7 Å². The van der Waals surface area contributed by atoms with Gasteiger partial charge in [-0.1, -0.05) is 60.1 Å². The molecule has 0 saturated carbocycles. The Balaban J connectivity index is 1.66. The van der Waals surface area contributed by atoms with E-state index in [0.29, 0.717) is 40.0 Å². The van der Waals surface area contributed by atoms with Crippen molar-refractivity contribution in [3.05, 3.63) is 101 Å². The van der Waals surface area contributed by atoms with Gasteiger partial charge in [-0.2, -0.15) is 0 Å². The third-order valence-corrected chi connectivity index (χ3v) is 6.05. The summed E-state index contributed by atoms with van der Waals surface area (Å²) in [5, 5.41) is 2.96. The molecule has 0 aliphatic carbocycles. The van der Waals surface area contributed by atoms with Crippen molar-refractivity contribution < 1.29 is 14.3 Å². The molecule has 0 spiro atoms. The quantitative estimate of drug-likeness (QED) is 0.286. The fraction of sp³-hybridized carbons (Fsp3) is 0.148. The Morgan fingerprint density at radius 1 is 1.08 bits per heavy atom. The molecule has 0 unspecified atom stereocenters. The number of H-pyrrole nitrogens is 1. The van der Waals surface area contributed by atoms with Gasteiger partial charge in [0, 0.05) is 36.0 Å². The first kappa shape index (κ1) is 24.8. The van der Waals surface area contributed by atoms with E-state index in [-0.39, 0.29) is 5.91 Å². The number of hydrogen-bond donors (Lipinski definition) is 3. The number of methoxy groups -OCH3 is 1.